The predicted molar refractivity (Wildman–Crippen MR) is 263 cm³/mol. The monoisotopic (exact) mass is 925 g/mol. The highest BCUT2D eigenvalue weighted by atomic mass is 16.6. The summed E-state index contributed by atoms with van der Waals surface area (Å²) in [5.74, 6) is -2.34. The zero-order valence-electron chi connectivity index (χ0n) is 42.8. The Kier molecular flexibility index (Phi) is 44.2. The fourth-order valence-corrected chi connectivity index (χ4v) is 7.81. The highest BCUT2D eigenvalue weighted by Crippen LogP contribution is 2.23. The number of nitrogens with one attached hydrogen (secondary N) is 1. The average Bonchev–Trinajstić information content (AvgIpc) is 3.28. The van der Waals surface area contributed by atoms with Gasteiger partial charge in [-0.15, -0.1) is 0 Å². The summed E-state index contributed by atoms with van der Waals surface area (Å²) in [5.41, 5.74) is 0. The Morgan fingerprint density at radius 2 is 0.800 bits per heavy atom. The maximum Gasteiger partial charge on any atom is 0.407 e. The van der Waals surface area contributed by atoms with Crippen molar-refractivity contribution in [3.05, 3.63) is 0 Å². The number of unbranched alkanes of at least 4 members (excludes halogenated alkanes) is 24. The summed E-state index contributed by atoms with van der Waals surface area (Å²) < 4.78 is 29.6. The molecule has 0 aromatic heterocycles. The molecule has 0 bridgehead atoms. The smallest absolute Gasteiger partial charge is 0.407 e. The van der Waals surface area contributed by atoms with Gasteiger partial charge < -0.3 is 33.9 Å². The molecule has 3 atom stereocenters. The van der Waals surface area contributed by atoms with Gasteiger partial charge in [0, 0.05) is 38.1 Å². The fourth-order valence-electron chi connectivity index (χ4n) is 7.81. The molecule has 0 aliphatic carbocycles. The molecule has 0 spiro atoms. The minimum absolute atomic E-state index is 0.0175. The lowest BCUT2D eigenvalue weighted by Crippen LogP contribution is -2.47. The number of hydrogen-bond donors (Lipinski definition) is 1. The fraction of sp³-hybridized carbons (Fsp3) is 0.906. The van der Waals surface area contributed by atoms with Crippen molar-refractivity contribution in [1.29, 1.82) is 0 Å². The second-order valence-corrected chi connectivity index (χ2v) is 18.6. The van der Waals surface area contributed by atoms with E-state index in [1.165, 1.54) is 70.6 Å². The van der Waals surface area contributed by atoms with Crippen LogP contribution >= 0.6 is 0 Å². The van der Waals surface area contributed by atoms with Crippen LogP contribution in [0.2, 0.25) is 0 Å². The van der Waals surface area contributed by atoms with Crippen molar-refractivity contribution in [2.45, 2.75) is 258 Å². The minimum atomic E-state index is -1.19. The first-order valence-corrected chi connectivity index (χ1v) is 26.8. The van der Waals surface area contributed by atoms with Crippen molar-refractivity contribution >= 4 is 30.0 Å². The zero-order chi connectivity index (χ0) is 48.0. The number of nitrogens with zero attached hydrogens (tertiary/aromatic N) is 1. The van der Waals surface area contributed by atoms with Crippen LogP contribution in [0.1, 0.15) is 246 Å². The summed E-state index contributed by atoms with van der Waals surface area (Å²) >= 11 is 0. The summed E-state index contributed by atoms with van der Waals surface area (Å²) in [6.07, 6.45) is 28.2. The van der Waals surface area contributed by atoms with Crippen LogP contribution in [-0.4, -0.2) is 94.1 Å². The van der Waals surface area contributed by atoms with Gasteiger partial charge in [-0.25, -0.2) is 4.79 Å². The number of carbonyl (C=O) groups excluding carboxylic acids is 5. The molecule has 0 aliphatic heterocycles. The quantitative estimate of drug-likeness (QED) is 0.0353. The van der Waals surface area contributed by atoms with E-state index in [0.717, 1.165) is 96.4 Å². The molecule has 0 saturated carbocycles. The third-order valence-corrected chi connectivity index (χ3v) is 12.0. The highest BCUT2D eigenvalue weighted by molar-refractivity contribution is 5.71. The first-order valence-electron chi connectivity index (χ1n) is 26.8. The maximum absolute atomic E-state index is 13.6. The molecule has 0 aromatic carbocycles. The predicted octanol–water partition coefficient (Wildman–Crippen LogP) is 13.1. The molecule has 1 N–H and O–H groups in total. The van der Waals surface area contributed by atoms with Crippen molar-refractivity contribution < 1.29 is 47.7 Å². The standard InChI is InChI=1S/C53H100N2O10/c1-7-11-15-19-23-27-31-36-48(56)61-43-40-46(44-62-49(57)37-32-28-24-20-16-12-8-2)52(65-53(60)54-41-35-42-55(5)6)47(64-51(59)39-34-30-26-22-18-14-10-4)45-63-50(58)38-33-29-25-21-17-13-9-3/h46-47,52H,7-45H2,1-6H3,(H,54,60). The largest absolute Gasteiger partial charge is 0.466 e. The van der Waals surface area contributed by atoms with Crippen molar-refractivity contribution in [1.82, 2.24) is 10.2 Å². The molecule has 3 unspecified atom stereocenters. The lowest BCUT2D eigenvalue weighted by atomic mass is 9.95. The van der Waals surface area contributed by atoms with Gasteiger partial charge in [-0.05, 0) is 59.2 Å². The van der Waals surface area contributed by atoms with Crippen molar-refractivity contribution in [3.63, 3.8) is 0 Å². The van der Waals surface area contributed by atoms with Crippen molar-refractivity contribution in [3.8, 4) is 0 Å². The molecule has 12 heteroatoms. The van der Waals surface area contributed by atoms with Gasteiger partial charge in [-0.2, -0.15) is 0 Å². The molecule has 1 amide bonds. The van der Waals surface area contributed by atoms with Gasteiger partial charge in [-0.3, -0.25) is 19.2 Å². The third-order valence-electron chi connectivity index (χ3n) is 12.0. The van der Waals surface area contributed by atoms with Gasteiger partial charge in [0.05, 0.1) is 13.2 Å². The lowest BCUT2D eigenvalue weighted by Gasteiger charge is -2.32. The van der Waals surface area contributed by atoms with E-state index in [-0.39, 0.29) is 57.4 Å². The molecular weight excluding hydrogens is 825 g/mol. The van der Waals surface area contributed by atoms with Crippen LogP contribution in [0, 0.1) is 5.92 Å². The van der Waals surface area contributed by atoms with Gasteiger partial charge in [0.15, 0.2) is 12.2 Å². The van der Waals surface area contributed by atoms with E-state index in [9.17, 15) is 24.0 Å². The average molecular weight is 925 g/mol. The van der Waals surface area contributed by atoms with Gasteiger partial charge >= 0.3 is 30.0 Å². The summed E-state index contributed by atoms with van der Waals surface area (Å²) in [6, 6.07) is 0. The molecule has 0 heterocycles. The van der Waals surface area contributed by atoms with Crippen molar-refractivity contribution in [2.75, 3.05) is 47.0 Å². The van der Waals surface area contributed by atoms with Gasteiger partial charge in [-0.1, -0.05) is 182 Å². The molecule has 0 aliphatic rings. The van der Waals surface area contributed by atoms with Crippen LogP contribution in [0.25, 0.3) is 0 Å². The normalized spacial score (nSPS) is 12.7. The zero-order valence-corrected chi connectivity index (χ0v) is 42.8. The van der Waals surface area contributed by atoms with E-state index in [1.54, 1.807) is 0 Å². The summed E-state index contributed by atoms with van der Waals surface area (Å²) in [4.78, 5) is 68.3. The number of rotatable bonds is 47. The summed E-state index contributed by atoms with van der Waals surface area (Å²) in [6.45, 7) is 9.32. The second-order valence-electron chi connectivity index (χ2n) is 18.6. The maximum atomic E-state index is 13.6. The van der Waals surface area contributed by atoms with E-state index in [1.807, 2.05) is 19.0 Å². The topological polar surface area (TPSA) is 147 Å². The van der Waals surface area contributed by atoms with E-state index in [0.29, 0.717) is 38.6 Å². The Bertz CT molecular complexity index is 1150. The number of ether oxygens (including phenoxy) is 5. The molecule has 0 radical (unpaired) electrons. The number of hydrogen-bond acceptors (Lipinski definition) is 11. The second kappa shape index (κ2) is 46.2. The van der Waals surface area contributed by atoms with Crippen LogP contribution in [0.3, 0.4) is 0 Å². The van der Waals surface area contributed by atoms with Crippen LogP contribution in [-0.2, 0) is 42.9 Å². The van der Waals surface area contributed by atoms with Gasteiger partial charge in [0.2, 0.25) is 0 Å². The highest BCUT2D eigenvalue weighted by Gasteiger charge is 2.38. The molecule has 0 aromatic rings. The van der Waals surface area contributed by atoms with Crippen LogP contribution in [0.4, 0.5) is 4.79 Å². The number of alkyl carbamates (subject to hydrolysis) is 1. The Morgan fingerprint density at radius 3 is 1.22 bits per heavy atom. The van der Waals surface area contributed by atoms with Crippen LogP contribution < -0.4 is 5.32 Å². The number of amides is 1. The van der Waals surface area contributed by atoms with E-state index in [4.69, 9.17) is 23.7 Å². The molecule has 0 saturated heterocycles. The summed E-state index contributed by atoms with van der Waals surface area (Å²) in [5, 5.41) is 2.82. The van der Waals surface area contributed by atoms with E-state index in [2.05, 4.69) is 33.0 Å². The Balaban J connectivity index is 6.33. The summed E-state index contributed by atoms with van der Waals surface area (Å²) in [7, 11) is 3.91. The van der Waals surface area contributed by atoms with Crippen LogP contribution in [0.5, 0.6) is 0 Å². The van der Waals surface area contributed by atoms with Crippen molar-refractivity contribution in [2.24, 2.45) is 5.92 Å². The molecule has 0 fully saturated rings. The molecule has 65 heavy (non-hydrogen) atoms. The third kappa shape index (κ3) is 41.1. The van der Waals surface area contributed by atoms with Crippen LogP contribution in [0.15, 0.2) is 0 Å². The first-order chi connectivity index (χ1) is 31.6. The number of esters is 4. The molecule has 12 nitrogen and oxygen atoms in total. The Hall–Kier alpha value is -2.89. The minimum Gasteiger partial charge on any atom is -0.466 e. The lowest BCUT2D eigenvalue weighted by molar-refractivity contribution is -0.172. The SMILES string of the molecule is CCCCCCCCCC(=O)OCCC(COC(=O)CCCCCCCCC)C(OC(=O)NCCCN(C)C)C(COC(=O)CCCCCCCCC)OC(=O)CCCCCCCCC. The molecular formula is C53H100N2O10. The van der Waals surface area contributed by atoms with Gasteiger partial charge in [0.1, 0.15) is 6.61 Å². The van der Waals surface area contributed by atoms with E-state index >= 15 is 0 Å². The first kappa shape index (κ1) is 62.1. The molecule has 0 rings (SSSR count). The molecule has 382 valence electrons. The number of carbonyl (C=O) groups is 5. The Morgan fingerprint density at radius 1 is 0.431 bits per heavy atom. The Labute approximate surface area is 397 Å². The van der Waals surface area contributed by atoms with Gasteiger partial charge in [0.25, 0.3) is 0 Å². The van der Waals surface area contributed by atoms with E-state index < -0.39 is 36.2 Å².